The number of likely N-dealkylation sites (tertiary alicyclic amines) is 1. The van der Waals surface area contributed by atoms with Gasteiger partial charge in [-0.2, -0.15) is 5.10 Å². The van der Waals surface area contributed by atoms with Gasteiger partial charge in [0.25, 0.3) is 0 Å². The second-order valence-electron chi connectivity index (χ2n) is 7.05. The smallest absolute Gasteiger partial charge is 0.410 e. The minimum Gasteiger partial charge on any atom is -0.444 e. The lowest BCUT2D eigenvalue weighted by Crippen LogP contribution is -2.72. The lowest BCUT2D eigenvalue weighted by molar-refractivity contribution is -0.176. The van der Waals surface area contributed by atoms with Crippen LogP contribution >= 0.6 is 0 Å². The van der Waals surface area contributed by atoms with E-state index in [9.17, 15) is 4.79 Å². The molecule has 2 aliphatic rings. The number of nitrogens with zero attached hydrogens (tertiary/aromatic N) is 3. The summed E-state index contributed by atoms with van der Waals surface area (Å²) in [7, 11) is 1.90. The Bertz CT molecular complexity index is 557. The molecule has 22 heavy (non-hydrogen) atoms. The summed E-state index contributed by atoms with van der Waals surface area (Å²) in [5.74, 6) is 0. The Hall–Kier alpha value is -1.60. The molecular formula is C15H24N4O3. The number of carbonyl (C=O) groups excluding carboxylic acids is 1. The lowest BCUT2D eigenvalue weighted by atomic mass is 9.83. The van der Waals surface area contributed by atoms with Crippen LogP contribution in [0.4, 0.5) is 4.79 Å². The van der Waals surface area contributed by atoms with Gasteiger partial charge in [-0.25, -0.2) is 4.79 Å². The molecule has 1 spiro atoms. The van der Waals surface area contributed by atoms with E-state index in [0.29, 0.717) is 19.7 Å². The van der Waals surface area contributed by atoms with Gasteiger partial charge in [0.15, 0.2) is 0 Å². The molecule has 1 N–H and O–H groups in total. The van der Waals surface area contributed by atoms with Gasteiger partial charge < -0.3 is 19.7 Å². The first-order valence-electron chi connectivity index (χ1n) is 7.64. The van der Waals surface area contributed by atoms with Crippen molar-refractivity contribution in [2.75, 3.05) is 26.2 Å². The van der Waals surface area contributed by atoms with Crippen molar-refractivity contribution in [2.24, 2.45) is 7.05 Å². The van der Waals surface area contributed by atoms with Crippen LogP contribution in [-0.4, -0.2) is 58.2 Å². The van der Waals surface area contributed by atoms with Crippen LogP contribution in [0.2, 0.25) is 0 Å². The number of aryl methyl sites for hydroxylation is 1. The van der Waals surface area contributed by atoms with Crippen LogP contribution in [0.3, 0.4) is 0 Å². The maximum atomic E-state index is 12.1. The van der Waals surface area contributed by atoms with E-state index >= 15 is 0 Å². The minimum absolute atomic E-state index is 0.00105. The Balaban J connectivity index is 1.69. The summed E-state index contributed by atoms with van der Waals surface area (Å²) >= 11 is 0. The Morgan fingerprint density at radius 2 is 2.23 bits per heavy atom. The van der Waals surface area contributed by atoms with Gasteiger partial charge in [-0.1, -0.05) is 0 Å². The quantitative estimate of drug-likeness (QED) is 0.840. The zero-order valence-corrected chi connectivity index (χ0v) is 13.6. The Morgan fingerprint density at radius 1 is 1.50 bits per heavy atom. The first-order chi connectivity index (χ1) is 10.3. The van der Waals surface area contributed by atoms with Crippen LogP contribution in [0, 0.1) is 0 Å². The topological polar surface area (TPSA) is 68.6 Å². The predicted molar refractivity (Wildman–Crippen MR) is 80.4 cm³/mol. The van der Waals surface area contributed by atoms with Crippen molar-refractivity contribution in [1.29, 1.82) is 0 Å². The molecule has 1 unspecified atom stereocenters. The third-order valence-electron chi connectivity index (χ3n) is 3.96. The van der Waals surface area contributed by atoms with Crippen molar-refractivity contribution in [3.05, 3.63) is 18.0 Å². The number of carbonyl (C=O) groups is 1. The van der Waals surface area contributed by atoms with E-state index in [2.05, 4.69) is 10.4 Å². The van der Waals surface area contributed by atoms with Gasteiger partial charge in [-0.05, 0) is 26.8 Å². The van der Waals surface area contributed by atoms with E-state index in [4.69, 9.17) is 9.47 Å². The fourth-order valence-corrected chi connectivity index (χ4v) is 3.02. The van der Waals surface area contributed by atoms with E-state index in [0.717, 1.165) is 12.2 Å². The van der Waals surface area contributed by atoms with Gasteiger partial charge in [0.2, 0.25) is 0 Å². The summed E-state index contributed by atoms with van der Waals surface area (Å²) in [6.07, 6.45) is 1.64. The second kappa shape index (κ2) is 5.24. The normalized spacial score (nSPS) is 24.2. The highest BCUT2D eigenvalue weighted by Crippen LogP contribution is 2.39. The number of aromatic nitrogens is 2. The third kappa shape index (κ3) is 2.83. The van der Waals surface area contributed by atoms with E-state index in [1.165, 1.54) is 0 Å². The van der Waals surface area contributed by atoms with Gasteiger partial charge in [-0.15, -0.1) is 0 Å². The van der Waals surface area contributed by atoms with E-state index in [1.54, 1.807) is 9.58 Å². The average Bonchev–Trinajstić information content (AvgIpc) is 2.80. The average molecular weight is 308 g/mol. The molecule has 1 aromatic rings. The Kier molecular flexibility index (Phi) is 3.65. The van der Waals surface area contributed by atoms with Gasteiger partial charge in [0.1, 0.15) is 11.2 Å². The summed E-state index contributed by atoms with van der Waals surface area (Å²) in [5.41, 5.74) is 0.0705. The molecule has 2 saturated heterocycles. The molecule has 1 amide bonds. The monoisotopic (exact) mass is 308 g/mol. The highest BCUT2D eigenvalue weighted by atomic mass is 16.6. The lowest BCUT2D eigenvalue weighted by Gasteiger charge is -2.54. The molecule has 0 aromatic carbocycles. The molecule has 0 aliphatic carbocycles. The number of ether oxygens (including phenoxy) is 2. The highest BCUT2D eigenvalue weighted by molar-refractivity contribution is 5.70. The molecule has 1 atom stereocenters. The van der Waals surface area contributed by atoms with Crippen LogP contribution in [0.15, 0.2) is 12.3 Å². The zero-order valence-electron chi connectivity index (χ0n) is 13.6. The Morgan fingerprint density at radius 3 is 2.82 bits per heavy atom. The standard InChI is InChI=1S/C15H24N4O3/c1-14(2,3)22-13(20)19-9-15(10-19)12(16-6-8-21-15)11-5-7-18(4)17-11/h5,7,12,16H,6,8-10H2,1-4H3. The van der Waals surface area contributed by atoms with Crippen molar-refractivity contribution in [3.63, 3.8) is 0 Å². The summed E-state index contributed by atoms with van der Waals surface area (Å²) in [4.78, 5) is 13.8. The number of hydrogen-bond acceptors (Lipinski definition) is 5. The van der Waals surface area contributed by atoms with E-state index < -0.39 is 11.2 Å². The summed E-state index contributed by atoms with van der Waals surface area (Å²) < 4.78 is 13.2. The summed E-state index contributed by atoms with van der Waals surface area (Å²) in [5, 5.41) is 7.95. The molecule has 0 bridgehead atoms. The molecule has 7 heteroatoms. The number of amides is 1. The second-order valence-corrected chi connectivity index (χ2v) is 7.05. The third-order valence-corrected chi connectivity index (χ3v) is 3.96. The fourth-order valence-electron chi connectivity index (χ4n) is 3.02. The molecule has 0 radical (unpaired) electrons. The van der Waals surface area contributed by atoms with Gasteiger partial charge in [0, 0.05) is 19.8 Å². The summed E-state index contributed by atoms with van der Waals surface area (Å²) in [6.45, 7) is 8.09. The highest BCUT2D eigenvalue weighted by Gasteiger charge is 2.55. The molecule has 0 saturated carbocycles. The van der Waals surface area contributed by atoms with Crippen LogP contribution in [0.25, 0.3) is 0 Å². The molecule has 2 fully saturated rings. The Labute approximate surface area is 130 Å². The largest absolute Gasteiger partial charge is 0.444 e. The van der Waals surface area contributed by atoms with Gasteiger partial charge >= 0.3 is 6.09 Å². The van der Waals surface area contributed by atoms with E-state index in [1.807, 2.05) is 40.1 Å². The molecule has 122 valence electrons. The molecule has 7 nitrogen and oxygen atoms in total. The molecule has 3 heterocycles. The molecular weight excluding hydrogens is 284 g/mol. The molecule has 2 aliphatic heterocycles. The number of rotatable bonds is 1. The van der Waals surface area contributed by atoms with Crippen molar-refractivity contribution in [2.45, 2.75) is 38.0 Å². The van der Waals surface area contributed by atoms with Crippen molar-refractivity contribution in [1.82, 2.24) is 20.0 Å². The molecule has 3 rings (SSSR count). The van der Waals surface area contributed by atoms with Crippen molar-refractivity contribution < 1.29 is 14.3 Å². The van der Waals surface area contributed by atoms with E-state index in [-0.39, 0.29) is 12.1 Å². The van der Waals surface area contributed by atoms with Crippen molar-refractivity contribution >= 4 is 6.09 Å². The van der Waals surface area contributed by atoms with Gasteiger partial charge in [0.05, 0.1) is 31.4 Å². The number of nitrogens with one attached hydrogen (secondary N) is 1. The van der Waals surface area contributed by atoms with Crippen LogP contribution in [-0.2, 0) is 16.5 Å². The minimum atomic E-state index is -0.480. The number of morpholine rings is 1. The van der Waals surface area contributed by atoms with Crippen LogP contribution < -0.4 is 5.32 Å². The van der Waals surface area contributed by atoms with Crippen molar-refractivity contribution in [3.8, 4) is 0 Å². The fraction of sp³-hybridized carbons (Fsp3) is 0.733. The first-order valence-corrected chi connectivity index (χ1v) is 7.64. The van der Waals surface area contributed by atoms with Crippen LogP contribution in [0.1, 0.15) is 32.5 Å². The SMILES string of the molecule is Cn1ccc(C2NCCOC23CN(C(=O)OC(C)(C)C)C3)n1. The first kappa shape index (κ1) is 15.3. The zero-order chi connectivity index (χ0) is 16.0. The maximum Gasteiger partial charge on any atom is 0.410 e. The number of hydrogen-bond donors (Lipinski definition) is 1. The maximum absolute atomic E-state index is 12.1. The van der Waals surface area contributed by atoms with Crippen LogP contribution in [0.5, 0.6) is 0 Å². The predicted octanol–water partition coefficient (Wildman–Crippen LogP) is 1.07. The molecule has 1 aromatic heterocycles. The summed E-state index contributed by atoms with van der Waals surface area (Å²) in [6, 6.07) is 1.99. The van der Waals surface area contributed by atoms with Gasteiger partial charge in [-0.3, -0.25) is 4.68 Å².